The maximum atomic E-state index is 9.39. The molecule has 0 aliphatic heterocycles. The first-order chi connectivity index (χ1) is 9.93. The van der Waals surface area contributed by atoms with E-state index in [1.807, 2.05) is 26.8 Å². The zero-order valence-electron chi connectivity index (χ0n) is 12.6. The minimum atomic E-state index is -0.0689. The van der Waals surface area contributed by atoms with E-state index in [0.717, 1.165) is 17.5 Å². The van der Waals surface area contributed by atoms with Crippen LogP contribution < -0.4 is 4.74 Å². The minimum Gasteiger partial charge on any atom is -0.504 e. The highest BCUT2D eigenvalue weighted by Gasteiger charge is 2.00. The average molecular weight is 290 g/mol. The van der Waals surface area contributed by atoms with Crippen LogP contribution in [0.2, 0.25) is 0 Å². The lowest BCUT2D eigenvalue weighted by Crippen LogP contribution is -1.94. The highest BCUT2D eigenvalue weighted by Crippen LogP contribution is 2.26. The van der Waals surface area contributed by atoms with Gasteiger partial charge in [0.05, 0.1) is 6.61 Å². The van der Waals surface area contributed by atoms with Crippen LogP contribution in [-0.2, 0) is 0 Å². The predicted octanol–water partition coefficient (Wildman–Crippen LogP) is 3.90. The van der Waals surface area contributed by atoms with Crippen LogP contribution in [0.3, 0.4) is 0 Å². The van der Waals surface area contributed by atoms with Gasteiger partial charge in [0.15, 0.2) is 23.0 Å². The molecule has 4 heteroatoms. The summed E-state index contributed by atoms with van der Waals surface area (Å²) in [4.78, 5) is 0. The molecule has 0 amide bonds. The van der Waals surface area contributed by atoms with Crippen molar-refractivity contribution in [2.24, 2.45) is 0 Å². The molecule has 0 saturated heterocycles. The molecule has 21 heavy (non-hydrogen) atoms. The van der Waals surface area contributed by atoms with Crippen LogP contribution in [0, 0.1) is 13.8 Å². The molecule has 0 unspecified atom stereocenters. The molecule has 0 aromatic heterocycles. The minimum absolute atomic E-state index is 0.0602. The van der Waals surface area contributed by atoms with Crippen LogP contribution in [0.25, 0.3) is 0 Å². The third-order valence-corrected chi connectivity index (χ3v) is 2.71. The third-order valence-electron chi connectivity index (χ3n) is 2.71. The van der Waals surface area contributed by atoms with E-state index in [-0.39, 0.29) is 17.2 Å². The Balaban J connectivity index is 0.000000219. The number of ether oxygens (including phenoxy) is 1. The number of benzene rings is 2. The van der Waals surface area contributed by atoms with Gasteiger partial charge in [-0.25, -0.2) is 0 Å². The van der Waals surface area contributed by atoms with Crippen molar-refractivity contribution in [3.8, 4) is 23.0 Å². The molecule has 0 spiro atoms. The normalized spacial score (nSPS) is 9.67. The zero-order chi connectivity index (χ0) is 15.8. The number of rotatable bonds is 3. The first kappa shape index (κ1) is 16.7. The van der Waals surface area contributed by atoms with Gasteiger partial charge in [-0.15, -0.1) is 0 Å². The molecule has 0 atom stereocenters. The van der Waals surface area contributed by atoms with E-state index >= 15 is 0 Å². The van der Waals surface area contributed by atoms with Crippen LogP contribution in [0.4, 0.5) is 0 Å². The van der Waals surface area contributed by atoms with Crippen molar-refractivity contribution in [2.75, 3.05) is 6.61 Å². The third kappa shape index (κ3) is 5.65. The molecule has 0 aliphatic rings. The summed E-state index contributed by atoms with van der Waals surface area (Å²) in [7, 11) is 0. The summed E-state index contributed by atoms with van der Waals surface area (Å²) in [6, 6.07) is 10.1. The van der Waals surface area contributed by atoms with Crippen molar-refractivity contribution in [3.05, 3.63) is 47.5 Å². The van der Waals surface area contributed by atoms with Crippen LogP contribution in [0.1, 0.15) is 24.5 Å². The Morgan fingerprint density at radius 3 is 1.86 bits per heavy atom. The number of phenols is 3. The SMILES string of the molecule is CCCOc1ccc(C)cc1O.Cc1ccc(O)c(O)c1. The molecule has 2 rings (SSSR count). The molecule has 0 radical (unpaired) electrons. The number of aryl methyl sites for hydroxylation is 2. The molecular formula is C17H22O4. The van der Waals surface area contributed by atoms with Crippen LogP contribution in [0.15, 0.2) is 36.4 Å². The summed E-state index contributed by atoms with van der Waals surface area (Å²) in [5.74, 6) is 0.668. The maximum Gasteiger partial charge on any atom is 0.160 e. The van der Waals surface area contributed by atoms with Gasteiger partial charge in [0.25, 0.3) is 0 Å². The van der Waals surface area contributed by atoms with E-state index in [2.05, 4.69) is 0 Å². The largest absolute Gasteiger partial charge is 0.504 e. The van der Waals surface area contributed by atoms with Crippen molar-refractivity contribution in [2.45, 2.75) is 27.2 Å². The Kier molecular flexibility index (Phi) is 6.40. The summed E-state index contributed by atoms with van der Waals surface area (Å²) in [6.45, 7) is 6.46. The van der Waals surface area contributed by atoms with Gasteiger partial charge >= 0.3 is 0 Å². The molecule has 3 N–H and O–H groups in total. The van der Waals surface area contributed by atoms with Gasteiger partial charge in [0.2, 0.25) is 0 Å². The van der Waals surface area contributed by atoms with Gasteiger partial charge in [-0.2, -0.15) is 0 Å². The molecular weight excluding hydrogens is 268 g/mol. The standard InChI is InChI=1S/C10H14O2.C7H8O2/c1-3-6-12-10-5-4-8(2)7-9(10)11;1-5-2-3-6(8)7(9)4-5/h4-5,7,11H,3,6H2,1-2H3;2-4,8-9H,1H3. The Labute approximate surface area is 125 Å². The highest BCUT2D eigenvalue weighted by molar-refractivity contribution is 5.41. The zero-order valence-corrected chi connectivity index (χ0v) is 12.6. The lowest BCUT2D eigenvalue weighted by Gasteiger charge is -2.06. The van der Waals surface area contributed by atoms with Gasteiger partial charge in [0, 0.05) is 0 Å². The van der Waals surface area contributed by atoms with E-state index in [9.17, 15) is 5.11 Å². The molecule has 2 aromatic carbocycles. The summed E-state index contributed by atoms with van der Waals surface area (Å²) in [5, 5.41) is 27.0. The lowest BCUT2D eigenvalue weighted by atomic mass is 10.2. The van der Waals surface area contributed by atoms with E-state index < -0.39 is 0 Å². The summed E-state index contributed by atoms with van der Waals surface area (Å²) >= 11 is 0. The van der Waals surface area contributed by atoms with Gasteiger partial charge < -0.3 is 20.1 Å². The molecule has 0 heterocycles. The fourth-order valence-electron chi connectivity index (χ4n) is 1.59. The van der Waals surface area contributed by atoms with Gasteiger partial charge in [-0.05, 0) is 55.7 Å². The summed E-state index contributed by atoms with van der Waals surface area (Å²) in [6.07, 6.45) is 0.952. The second-order valence-electron chi connectivity index (χ2n) is 4.81. The number of hydrogen-bond donors (Lipinski definition) is 3. The summed E-state index contributed by atoms with van der Waals surface area (Å²) in [5.41, 5.74) is 1.97. The predicted molar refractivity (Wildman–Crippen MR) is 83.1 cm³/mol. The number of aromatic hydroxyl groups is 3. The van der Waals surface area contributed by atoms with Crippen molar-refractivity contribution < 1.29 is 20.1 Å². The molecule has 4 nitrogen and oxygen atoms in total. The quantitative estimate of drug-likeness (QED) is 0.750. The highest BCUT2D eigenvalue weighted by atomic mass is 16.5. The van der Waals surface area contributed by atoms with Crippen LogP contribution >= 0.6 is 0 Å². The van der Waals surface area contributed by atoms with Crippen molar-refractivity contribution in [1.82, 2.24) is 0 Å². The molecule has 0 saturated carbocycles. The second kappa shape index (κ2) is 8.04. The van der Waals surface area contributed by atoms with Gasteiger partial charge in [-0.1, -0.05) is 19.1 Å². The monoisotopic (exact) mass is 290 g/mol. The maximum absolute atomic E-state index is 9.39. The van der Waals surface area contributed by atoms with E-state index in [4.69, 9.17) is 14.9 Å². The molecule has 0 bridgehead atoms. The fourth-order valence-corrected chi connectivity index (χ4v) is 1.59. The number of phenolic OH excluding ortho intramolecular Hbond substituents is 3. The molecule has 2 aromatic rings. The number of hydrogen-bond acceptors (Lipinski definition) is 4. The topological polar surface area (TPSA) is 69.9 Å². The van der Waals surface area contributed by atoms with Crippen molar-refractivity contribution in [3.63, 3.8) is 0 Å². The average Bonchev–Trinajstić information content (AvgIpc) is 2.43. The first-order valence-electron chi connectivity index (χ1n) is 6.85. The Bertz CT molecular complexity index is 579. The lowest BCUT2D eigenvalue weighted by molar-refractivity contribution is 0.299. The first-order valence-corrected chi connectivity index (χ1v) is 6.85. The van der Waals surface area contributed by atoms with Gasteiger partial charge in [-0.3, -0.25) is 0 Å². The Hall–Kier alpha value is -2.36. The Morgan fingerprint density at radius 2 is 1.38 bits per heavy atom. The summed E-state index contributed by atoms with van der Waals surface area (Å²) < 4.78 is 5.29. The molecule has 0 fully saturated rings. The van der Waals surface area contributed by atoms with Crippen molar-refractivity contribution >= 4 is 0 Å². The van der Waals surface area contributed by atoms with Crippen LogP contribution in [-0.4, -0.2) is 21.9 Å². The second-order valence-corrected chi connectivity index (χ2v) is 4.81. The van der Waals surface area contributed by atoms with Crippen LogP contribution in [0.5, 0.6) is 23.0 Å². The Morgan fingerprint density at radius 1 is 0.810 bits per heavy atom. The fraction of sp³-hybridized carbons (Fsp3) is 0.294. The smallest absolute Gasteiger partial charge is 0.160 e. The molecule has 114 valence electrons. The molecule has 0 aliphatic carbocycles. The van der Waals surface area contributed by atoms with E-state index in [0.29, 0.717) is 12.4 Å². The van der Waals surface area contributed by atoms with Gasteiger partial charge in [0.1, 0.15) is 0 Å². The van der Waals surface area contributed by atoms with E-state index in [1.165, 1.54) is 12.1 Å². The van der Waals surface area contributed by atoms with E-state index in [1.54, 1.807) is 18.2 Å². The van der Waals surface area contributed by atoms with Crippen molar-refractivity contribution in [1.29, 1.82) is 0 Å².